The molecule has 0 unspecified atom stereocenters. The third kappa shape index (κ3) is 2.68. The predicted molar refractivity (Wildman–Crippen MR) is 84.1 cm³/mol. The lowest BCUT2D eigenvalue weighted by atomic mass is 10.2. The molecule has 1 heterocycles. The second kappa shape index (κ2) is 5.00. The number of benzene rings is 2. The summed E-state index contributed by atoms with van der Waals surface area (Å²) in [5.41, 5.74) is 2.95. The maximum absolute atomic E-state index is 6.16. The van der Waals surface area contributed by atoms with E-state index in [2.05, 4.69) is 10.3 Å². The summed E-state index contributed by atoms with van der Waals surface area (Å²) in [6.45, 7) is 2.03. The molecule has 96 valence electrons. The summed E-state index contributed by atoms with van der Waals surface area (Å²) in [4.78, 5) is 4.51. The van der Waals surface area contributed by atoms with Crippen molar-refractivity contribution in [2.24, 2.45) is 0 Å². The van der Waals surface area contributed by atoms with Crippen LogP contribution in [0.4, 0.5) is 10.8 Å². The fraction of sp³-hybridized carbons (Fsp3) is 0.0714. The van der Waals surface area contributed by atoms with Crippen LogP contribution in [0.1, 0.15) is 5.56 Å². The Morgan fingerprint density at radius 2 is 1.95 bits per heavy atom. The molecule has 2 nitrogen and oxygen atoms in total. The standard InChI is InChI=1S/C14H10Cl2N2S/c1-8-2-4-10(16)12(6-8)18-14-17-11-5-3-9(15)7-13(11)19-14/h2-7H,1H3,(H,17,18). The van der Waals surface area contributed by atoms with Gasteiger partial charge in [-0.05, 0) is 42.8 Å². The van der Waals surface area contributed by atoms with E-state index in [0.717, 1.165) is 31.6 Å². The van der Waals surface area contributed by atoms with Gasteiger partial charge in [0.2, 0.25) is 0 Å². The number of rotatable bonds is 2. The number of nitrogens with one attached hydrogen (secondary N) is 1. The van der Waals surface area contributed by atoms with Crippen LogP contribution in [0, 0.1) is 6.92 Å². The van der Waals surface area contributed by atoms with E-state index >= 15 is 0 Å². The van der Waals surface area contributed by atoms with Gasteiger partial charge in [0, 0.05) is 5.02 Å². The molecule has 0 radical (unpaired) electrons. The lowest BCUT2D eigenvalue weighted by Crippen LogP contribution is -1.90. The maximum atomic E-state index is 6.16. The molecule has 0 fully saturated rings. The van der Waals surface area contributed by atoms with E-state index in [0.29, 0.717) is 5.02 Å². The lowest BCUT2D eigenvalue weighted by Gasteiger charge is -2.05. The van der Waals surface area contributed by atoms with Crippen molar-refractivity contribution >= 4 is 55.6 Å². The summed E-state index contributed by atoms with van der Waals surface area (Å²) in [7, 11) is 0. The Kier molecular flexibility index (Phi) is 3.35. The van der Waals surface area contributed by atoms with Crippen molar-refractivity contribution in [2.45, 2.75) is 6.92 Å². The number of fused-ring (bicyclic) bond motifs is 1. The number of thiazole rings is 1. The van der Waals surface area contributed by atoms with Crippen molar-refractivity contribution in [3.05, 3.63) is 52.0 Å². The third-order valence-electron chi connectivity index (χ3n) is 2.71. The normalized spacial score (nSPS) is 10.9. The Hall–Kier alpha value is -1.29. The quantitative estimate of drug-likeness (QED) is 0.661. The van der Waals surface area contributed by atoms with Crippen LogP contribution >= 0.6 is 34.5 Å². The summed E-state index contributed by atoms with van der Waals surface area (Å²) in [6, 6.07) is 11.5. The number of nitrogens with zero attached hydrogens (tertiary/aromatic N) is 1. The highest BCUT2D eigenvalue weighted by atomic mass is 35.5. The number of aromatic nitrogens is 1. The molecule has 0 bridgehead atoms. The first-order valence-corrected chi connectivity index (χ1v) is 7.28. The number of halogens is 2. The van der Waals surface area contributed by atoms with Crippen molar-refractivity contribution in [1.82, 2.24) is 4.98 Å². The number of aryl methyl sites for hydroxylation is 1. The van der Waals surface area contributed by atoms with Crippen LogP contribution in [0.2, 0.25) is 10.0 Å². The molecular weight excluding hydrogens is 299 g/mol. The molecule has 0 atom stereocenters. The topological polar surface area (TPSA) is 24.9 Å². The van der Waals surface area contributed by atoms with Gasteiger partial charge in [0.1, 0.15) is 0 Å². The monoisotopic (exact) mass is 308 g/mol. The molecule has 1 aromatic heterocycles. The minimum absolute atomic E-state index is 0.683. The van der Waals surface area contributed by atoms with E-state index in [1.54, 1.807) is 11.3 Å². The summed E-state index contributed by atoms with van der Waals surface area (Å²) in [5.74, 6) is 0. The van der Waals surface area contributed by atoms with Gasteiger partial charge in [-0.1, -0.05) is 40.6 Å². The molecule has 19 heavy (non-hydrogen) atoms. The van der Waals surface area contributed by atoms with Crippen LogP contribution in [-0.2, 0) is 0 Å². The first-order valence-electron chi connectivity index (χ1n) is 5.71. The number of hydrogen-bond acceptors (Lipinski definition) is 3. The van der Waals surface area contributed by atoms with Gasteiger partial charge in [0.05, 0.1) is 20.9 Å². The molecule has 0 spiro atoms. The molecule has 3 aromatic rings. The molecule has 0 aliphatic carbocycles. The zero-order valence-electron chi connectivity index (χ0n) is 10.1. The summed E-state index contributed by atoms with van der Waals surface area (Å²) in [6.07, 6.45) is 0. The lowest BCUT2D eigenvalue weighted by molar-refractivity contribution is 1.41. The van der Waals surface area contributed by atoms with Crippen LogP contribution in [0.25, 0.3) is 10.2 Å². The SMILES string of the molecule is Cc1ccc(Cl)c(Nc2nc3ccc(Cl)cc3s2)c1. The Balaban J connectivity index is 1.98. The fourth-order valence-electron chi connectivity index (χ4n) is 1.80. The summed E-state index contributed by atoms with van der Waals surface area (Å²) < 4.78 is 1.05. The van der Waals surface area contributed by atoms with E-state index in [4.69, 9.17) is 23.2 Å². The molecule has 0 saturated heterocycles. The van der Waals surface area contributed by atoms with E-state index in [1.807, 2.05) is 43.3 Å². The smallest absolute Gasteiger partial charge is 0.188 e. The Labute approximate surface area is 125 Å². The minimum atomic E-state index is 0.683. The van der Waals surface area contributed by atoms with Crippen molar-refractivity contribution in [1.29, 1.82) is 0 Å². The van der Waals surface area contributed by atoms with Gasteiger partial charge in [-0.2, -0.15) is 0 Å². The van der Waals surface area contributed by atoms with Gasteiger partial charge in [0.25, 0.3) is 0 Å². The zero-order chi connectivity index (χ0) is 13.4. The predicted octanol–water partition coefficient (Wildman–Crippen LogP) is 5.66. The highest BCUT2D eigenvalue weighted by molar-refractivity contribution is 7.22. The fourth-order valence-corrected chi connectivity index (χ4v) is 3.12. The van der Waals surface area contributed by atoms with Crippen LogP contribution < -0.4 is 5.32 Å². The molecule has 1 N–H and O–H groups in total. The van der Waals surface area contributed by atoms with Gasteiger partial charge < -0.3 is 5.32 Å². The zero-order valence-corrected chi connectivity index (χ0v) is 12.4. The minimum Gasteiger partial charge on any atom is -0.330 e. The highest BCUT2D eigenvalue weighted by Gasteiger charge is 2.07. The maximum Gasteiger partial charge on any atom is 0.188 e. The van der Waals surface area contributed by atoms with Crippen molar-refractivity contribution in [3.63, 3.8) is 0 Å². The first kappa shape index (κ1) is 12.7. The van der Waals surface area contributed by atoms with Crippen LogP contribution in [0.15, 0.2) is 36.4 Å². The van der Waals surface area contributed by atoms with E-state index in [-0.39, 0.29) is 0 Å². The molecule has 0 aliphatic heterocycles. The van der Waals surface area contributed by atoms with Crippen molar-refractivity contribution < 1.29 is 0 Å². The number of anilines is 2. The first-order chi connectivity index (χ1) is 9.11. The van der Waals surface area contributed by atoms with Gasteiger partial charge >= 0.3 is 0 Å². The summed E-state index contributed by atoms with van der Waals surface area (Å²) in [5, 5.41) is 5.47. The van der Waals surface area contributed by atoms with Crippen LogP contribution in [0.3, 0.4) is 0 Å². The largest absolute Gasteiger partial charge is 0.330 e. The average molecular weight is 309 g/mol. The Morgan fingerprint density at radius 3 is 2.79 bits per heavy atom. The highest BCUT2D eigenvalue weighted by Crippen LogP contribution is 2.32. The average Bonchev–Trinajstić information content (AvgIpc) is 2.75. The van der Waals surface area contributed by atoms with E-state index in [9.17, 15) is 0 Å². The van der Waals surface area contributed by atoms with Crippen LogP contribution in [0.5, 0.6) is 0 Å². The van der Waals surface area contributed by atoms with Gasteiger partial charge in [-0.25, -0.2) is 4.98 Å². The van der Waals surface area contributed by atoms with Gasteiger partial charge in [0.15, 0.2) is 5.13 Å². The van der Waals surface area contributed by atoms with Gasteiger partial charge in [-0.15, -0.1) is 0 Å². The van der Waals surface area contributed by atoms with E-state index in [1.165, 1.54) is 0 Å². The summed E-state index contributed by atoms with van der Waals surface area (Å²) >= 11 is 13.7. The Morgan fingerprint density at radius 1 is 1.11 bits per heavy atom. The van der Waals surface area contributed by atoms with Crippen molar-refractivity contribution in [3.8, 4) is 0 Å². The number of hydrogen-bond donors (Lipinski definition) is 1. The molecule has 3 rings (SSSR count). The molecule has 2 aromatic carbocycles. The van der Waals surface area contributed by atoms with Gasteiger partial charge in [-0.3, -0.25) is 0 Å². The van der Waals surface area contributed by atoms with Crippen LogP contribution in [-0.4, -0.2) is 4.98 Å². The second-order valence-electron chi connectivity index (χ2n) is 4.24. The second-order valence-corrected chi connectivity index (χ2v) is 6.11. The molecule has 5 heteroatoms. The molecule has 0 aliphatic rings. The third-order valence-corrected chi connectivity index (χ3v) is 4.21. The van der Waals surface area contributed by atoms with E-state index < -0.39 is 0 Å². The van der Waals surface area contributed by atoms with Crippen molar-refractivity contribution in [2.75, 3.05) is 5.32 Å². The molecule has 0 saturated carbocycles. The molecular formula is C14H10Cl2N2S. The Bertz CT molecular complexity index is 752. The molecule has 0 amide bonds.